The number of hydrogen-bond acceptors (Lipinski definition) is 5. The Bertz CT molecular complexity index is 438. The molecular weight excluding hydrogens is 278 g/mol. The molecule has 0 aromatic rings. The average molecular weight is 299 g/mol. The summed E-state index contributed by atoms with van der Waals surface area (Å²) in [5, 5.41) is 27.6. The van der Waals surface area contributed by atoms with Crippen LogP contribution >= 0.6 is 0 Å². The first-order chi connectivity index (χ1) is 9.58. The Hall–Kier alpha value is -2.50. The molecule has 0 heterocycles. The van der Waals surface area contributed by atoms with Crippen LogP contribution in [0.2, 0.25) is 0 Å². The molecule has 118 valence electrons. The van der Waals surface area contributed by atoms with Gasteiger partial charge < -0.3 is 20.9 Å². The molecule has 0 aliphatic heterocycles. The van der Waals surface area contributed by atoms with E-state index in [2.05, 4.69) is 5.32 Å². The Balaban J connectivity index is 4.74. The number of nitriles is 1. The molecule has 0 radical (unpaired) electrons. The fourth-order valence-corrected chi connectivity index (χ4v) is 1.43. The van der Waals surface area contributed by atoms with Gasteiger partial charge in [-0.2, -0.15) is 10.2 Å². The number of guanidine groups is 1. The summed E-state index contributed by atoms with van der Waals surface area (Å²) >= 11 is 0. The molecular formula is C12H21N5O4. The molecule has 0 aliphatic rings. The summed E-state index contributed by atoms with van der Waals surface area (Å²) in [6, 6.07) is -1.32. The number of carbonyl (C=O) groups is 2. The van der Waals surface area contributed by atoms with Gasteiger partial charge >= 0.3 is 12.1 Å². The van der Waals surface area contributed by atoms with Gasteiger partial charge in [-0.15, -0.1) is 0 Å². The summed E-state index contributed by atoms with van der Waals surface area (Å²) in [5.41, 5.74) is 4.26. The average Bonchev–Trinajstić information content (AvgIpc) is 2.29. The van der Waals surface area contributed by atoms with Crippen LogP contribution in [0.1, 0.15) is 33.6 Å². The van der Waals surface area contributed by atoms with Crippen molar-refractivity contribution in [3.63, 3.8) is 0 Å². The lowest BCUT2D eigenvalue weighted by Gasteiger charge is -2.26. The van der Waals surface area contributed by atoms with Gasteiger partial charge in [-0.05, 0) is 33.6 Å². The number of hydrogen-bond donors (Lipinski definition) is 4. The molecule has 0 aliphatic carbocycles. The van der Waals surface area contributed by atoms with Crippen LogP contribution in [0.5, 0.6) is 0 Å². The van der Waals surface area contributed by atoms with Gasteiger partial charge in [0.25, 0.3) is 0 Å². The van der Waals surface area contributed by atoms with Crippen LogP contribution in [-0.2, 0) is 9.53 Å². The van der Waals surface area contributed by atoms with Crippen molar-refractivity contribution in [3.8, 4) is 6.19 Å². The van der Waals surface area contributed by atoms with Crippen LogP contribution in [0, 0.1) is 16.9 Å². The standard InChI is InChI=1S/C12H21N5O4/c1-12(2,3)21-11(20)17(7-13)8(9(18)19)5-4-6-16-10(14)15/h8H,4-6H2,1-3H3,(H,18,19)(H4,14,15,16). The Morgan fingerprint density at radius 1 is 1.52 bits per heavy atom. The van der Waals surface area contributed by atoms with Crippen LogP contribution in [0.3, 0.4) is 0 Å². The van der Waals surface area contributed by atoms with Crippen LogP contribution in [-0.4, -0.2) is 46.2 Å². The number of carboxylic acids is 1. The third kappa shape index (κ3) is 7.61. The molecule has 0 bridgehead atoms. The highest BCUT2D eigenvalue weighted by Gasteiger charge is 2.32. The molecule has 9 nitrogen and oxygen atoms in total. The third-order valence-corrected chi connectivity index (χ3v) is 2.26. The van der Waals surface area contributed by atoms with Gasteiger partial charge in [-0.25, -0.2) is 9.59 Å². The lowest BCUT2D eigenvalue weighted by atomic mass is 10.1. The van der Waals surface area contributed by atoms with Crippen molar-refractivity contribution in [1.29, 1.82) is 10.7 Å². The van der Waals surface area contributed by atoms with E-state index in [1.807, 2.05) is 0 Å². The highest BCUT2D eigenvalue weighted by atomic mass is 16.6. The number of aliphatic carboxylic acids is 1. The molecule has 1 atom stereocenters. The van der Waals surface area contributed by atoms with Crippen LogP contribution in [0.15, 0.2) is 0 Å². The Morgan fingerprint density at radius 2 is 2.10 bits per heavy atom. The molecule has 0 saturated carbocycles. The molecule has 5 N–H and O–H groups in total. The maximum absolute atomic E-state index is 11.8. The molecule has 0 spiro atoms. The van der Waals surface area contributed by atoms with Crippen molar-refractivity contribution in [2.45, 2.75) is 45.3 Å². The zero-order valence-corrected chi connectivity index (χ0v) is 12.3. The fourth-order valence-electron chi connectivity index (χ4n) is 1.43. The van der Waals surface area contributed by atoms with Gasteiger partial charge in [0.2, 0.25) is 0 Å². The molecule has 0 saturated heterocycles. The third-order valence-electron chi connectivity index (χ3n) is 2.26. The van der Waals surface area contributed by atoms with E-state index in [0.717, 1.165) is 0 Å². The second kappa shape index (κ2) is 7.94. The predicted octanol–water partition coefficient (Wildman–Crippen LogP) is 0.421. The van der Waals surface area contributed by atoms with Gasteiger partial charge in [0.05, 0.1) is 0 Å². The van der Waals surface area contributed by atoms with Crippen LogP contribution in [0.4, 0.5) is 4.79 Å². The summed E-state index contributed by atoms with van der Waals surface area (Å²) in [6.45, 7) is 5.12. The number of ether oxygens (including phenoxy) is 1. The molecule has 0 aromatic carbocycles. The lowest BCUT2D eigenvalue weighted by molar-refractivity contribution is -0.142. The van der Waals surface area contributed by atoms with Crippen molar-refractivity contribution in [2.75, 3.05) is 6.54 Å². The second-order valence-corrected chi connectivity index (χ2v) is 5.29. The van der Waals surface area contributed by atoms with Gasteiger partial charge in [0, 0.05) is 6.54 Å². The number of nitrogens with zero attached hydrogens (tertiary/aromatic N) is 2. The smallest absolute Gasteiger partial charge is 0.424 e. The van der Waals surface area contributed by atoms with Crippen molar-refractivity contribution < 1.29 is 19.4 Å². The first-order valence-corrected chi connectivity index (χ1v) is 6.31. The molecule has 9 heteroatoms. The van der Waals surface area contributed by atoms with Crippen molar-refractivity contribution in [3.05, 3.63) is 0 Å². The minimum absolute atomic E-state index is 0.0302. The minimum atomic E-state index is -1.32. The van der Waals surface area contributed by atoms with Crippen molar-refractivity contribution >= 4 is 18.0 Å². The molecule has 0 aromatic heterocycles. The van der Waals surface area contributed by atoms with Gasteiger partial charge in [0.15, 0.2) is 12.2 Å². The Morgan fingerprint density at radius 3 is 2.48 bits per heavy atom. The number of rotatable bonds is 6. The van der Waals surface area contributed by atoms with E-state index in [9.17, 15) is 9.59 Å². The number of carbonyl (C=O) groups excluding carboxylic acids is 1. The first kappa shape index (κ1) is 18.5. The second-order valence-electron chi connectivity index (χ2n) is 5.29. The summed E-state index contributed by atoms with van der Waals surface area (Å²) in [4.78, 5) is 23.5. The maximum Gasteiger partial charge on any atom is 0.424 e. The highest BCUT2D eigenvalue weighted by Crippen LogP contribution is 2.14. The number of nitrogens with two attached hydrogens (primary N) is 1. The summed E-state index contributed by atoms with van der Waals surface area (Å²) in [6.07, 6.45) is 0.890. The topological polar surface area (TPSA) is 153 Å². The first-order valence-electron chi connectivity index (χ1n) is 6.31. The summed E-state index contributed by atoms with van der Waals surface area (Å²) < 4.78 is 5.00. The predicted molar refractivity (Wildman–Crippen MR) is 74.3 cm³/mol. The minimum Gasteiger partial charge on any atom is -0.480 e. The molecule has 0 rings (SSSR count). The van der Waals surface area contributed by atoms with Crippen molar-refractivity contribution in [2.24, 2.45) is 5.73 Å². The quantitative estimate of drug-likeness (QED) is 0.182. The molecule has 0 fully saturated rings. The SMILES string of the molecule is CC(C)(C)OC(=O)N(C#N)C(CCCNC(=N)N)C(=O)O. The van der Waals surface area contributed by atoms with E-state index in [4.69, 9.17) is 26.2 Å². The van der Waals surface area contributed by atoms with Crippen molar-refractivity contribution in [1.82, 2.24) is 10.2 Å². The summed E-state index contributed by atoms with van der Waals surface area (Å²) in [5.74, 6) is -1.53. The van der Waals surface area contributed by atoms with Crippen LogP contribution in [0.25, 0.3) is 0 Å². The lowest BCUT2D eigenvalue weighted by Crippen LogP contribution is -2.45. The Kier molecular flexibility index (Phi) is 6.99. The molecule has 21 heavy (non-hydrogen) atoms. The zero-order chi connectivity index (χ0) is 16.6. The number of carboxylic acid groups (broad SMARTS) is 1. The number of amides is 1. The van der Waals surface area contributed by atoms with E-state index in [1.165, 1.54) is 0 Å². The number of nitrogens with one attached hydrogen (secondary N) is 2. The van der Waals surface area contributed by atoms with E-state index in [1.54, 1.807) is 27.0 Å². The van der Waals surface area contributed by atoms with Crippen LogP contribution < -0.4 is 11.1 Å². The summed E-state index contributed by atoms with van der Waals surface area (Å²) in [7, 11) is 0. The Labute approximate surface area is 123 Å². The fraction of sp³-hybridized carbons (Fsp3) is 0.667. The monoisotopic (exact) mass is 299 g/mol. The zero-order valence-electron chi connectivity index (χ0n) is 12.3. The van der Waals surface area contributed by atoms with Gasteiger partial charge in [-0.3, -0.25) is 5.41 Å². The highest BCUT2D eigenvalue weighted by molar-refractivity contribution is 5.81. The van der Waals surface area contributed by atoms with E-state index in [-0.39, 0.29) is 18.9 Å². The van der Waals surface area contributed by atoms with E-state index in [0.29, 0.717) is 11.3 Å². The van der Waals surface area contributed by atoms with Gasteiger partial charge in [-0.1, -0.05) is 0 Å². The largest absolute Gasteiger partial charge is 0.480 e. The molecule has 1 amide bonds. The van der Waals surface area contributed by atoms with Gasteiger partial charge in [0.1, 0.15) is 11.6 Å². The van der Waals surface area contributed by atoms with E-state index >= 15 is 0 Å². The normalized spacial score (nSPS) is 11.9. The molecule has 1 unspecified atom stereocenters. The maximum atomic E-state index is 11.8. The van der Waals surface area contributed by atoms with E-state index < -0.39 is 23.7 Å².